The molecule has 1 N–H and O–H groups in total. The number of hydrogen-bond donors (Lipinski definition) is 1. The van der Waals surface area contributed by atoms with E-state index in [-0.39, 0.29) is 0 Å². The fourth-order valence-corrected chi connectivity index (χ4v) is 3.49. The zero-order chi connectivity index (χ0) is 14.6. The lowest BCUT2D eigenvalue weighted by molar-refractivity contribution is 0.282. The Morgan fingerprint density at radius 3 is 2.25 bits per heavy atom. The normalized spacial score (nSPS) is 23.5. The van der Waals surface area contributed by atoms with Crippen LogP contribution >= 0.6 is 0 Å². The van der Waals surface area contributed by atoms with Gasteiger partial charge in [0.05, 0.1) is 4.90 Å². The summed E-state index contributed by atoms with van der Waals surface area (Å²) in [5, 5.41) is 3.39. The monoisotopic (exact) mass is 295 g/mol. The van der Waals surface area contributed by atoms with E-state index >= 15 is 0 Å². The molecule has 0 spiro atoms. The van der Waals surface area contributed by atoms with Crippen molar-refractivity contribution in [1.29, 1.82) is 0 Å². The maximum absolute atomic E-state index is 11.4. The quantitative estimate of drug-likeness (QED) is 0.900. The Kier molecular flexibility index (Phi) is 5.08. The highest BCUT2D eigenvalue weighted by Crippen LogP contribution is 2.30. The Labute approximate surface area is 122 Å². The number of nitrogens with one attached hydrogen (secondary N) is 1. The molecule has 1 aliphatic carbocycles. The molecule has 4 heteroatoms. The minimum atomic E-state index is -3.09. The van der Waals surface area contributed by atoms with E-state index in [0.29, 0.717) is 4.90 Å². The van der Waals surface area contributed by atoms with Crippen molar-refractivity contribution in [2.45, 2.75) is 43.9 Å². The van der Waals surface area contributed by atoms with E-state index in [1.54, 1.807) is 12.1 Å². The first-order valence-electron chi connectivity index (χ1n) is 7.49. The molecule has 0 unspecified atom stereocenters. The third-order valence-electron chi connectivity index (χ3n) is 4.30. The van der Waals surface area contributed by atoms with Gasteiger partial charge in [-0.15, -0.1) is 0 Å². The van der Waals surface area contributed by atoms with Crippen LogP contribution in [0.5, 0.6) is 0 Å². The molecule has 0 bridgehead atoms. The van der Waals surface area contributed by atoms with Crippen LogP contribution in [0.1, 0.15) is 39.0 Å². The molecule has 1 saturated carbocycles. The van der Waals surface area contributed by atoms with Crippen LogP contribution in [0.2, 0.25) is 0 Å². The van der Waals surface area contributed by atoms with Crippen molar-refractivity contribution in [3.63, 3.8) is 0 Å². The summed E-state index contributed by atoms with van der Waals surface area (Å²) in [6.45, 7) is 3.31. The Morgan fingerprint density at radius 2 is 1.70 bits per heavy atom. The number of anilines is 1. The Bertz CT molecular complexity index is 514. The maximum Gasteiger partial charge on any atom is 0.175 e. The summed E-state index contributed by atoms with van der Waals surface area (Å²) in [6, 6.07) is 7.03. The summed E-state index contributed by atoms with van der Waals surface area (Å²) in [5.41, 5.74) is 1.00. The predicted molar refractivity (Wildman–Crippen MR) is 83.8 cm³/mol. The fourth-order valence-electron chi connectivity index (χ4n) is 2.86. The number of hydrogen-bond acceptors (Lipinski definition) is 3. The van der Waals surface area contributed by atoms with Crippen molar-refractivity contribution in [2.24, 2.45) is 11.8 Å². The zero-order valence-electron chi connectivity index (χ0n) is 12.4. The first-order valence-corrected chi connectivity index (χ1v) is 9.38. The summed E-state index contributed by atoms with van der Waals surface area (Å²) in [7, 11) is -3.09. The van der Waals surface area contributed by atoms with E-state index < -0.39 is 9.84 Å². The molecule has 1 fully saturated rings. The molecule has 1 aromatic carbocycles. The summed E-state index contributed by atoms with van der Waals surface area (Å²) in [6.07, 6.45) is 7.90. The van der Waals surface area contributed by atoms with Gasteiger partial charge in [-0.3, -0.25) is 0 Å². The molecule has 0 atom stereocenters. The summed E-state index contributed by atoms with van der Waals surface area (Å²) in [4.78, 5) is 0.379. The fraction of sp³-hybridized carbons (Fsp3) is 0.625. The molecule has 0 amide bonds. The highest BCUT2D eigenvalue weighted by atomic mass is 32.2. The molecule has 0 aromatic heterocycles. The van der Waals surface area contributed by atoms with E-state index in [1.165, 1.54) is 38.4 Å². The molecule has 112 valence electrons. The van der Waals surface area contributed by atoms with Crippen molar-refractivity contribution in [3.8, 4) is 0 Å². The van der Waals surface area contributed by atoms with E-state index in [0.717, 1.165) is 24.1 Å². The van der Waals surface area contributed by atoms with Crippen LogP contribution in [0.4, 0.5) is 5.69 Å². The van der Waals surface area contributed by atoms with Crippen LogP contribution in [-0.4, -0.2) is 21.2 Å². The van der Waals surface area contributed by atoms with Gasteiger partial charge in [0.25, 0.3) is 0 Å². The summed E-state index contributed by atoms with van der Waals surface area (Å²) in [5.74, 6) is 1.76. The second kappa shape index (κ2) is 6.61. The largest absolute Gasteiger partial charge is 0.385 e. The Hall–Kier alpha value is -1.03. The number of benzene rings is 1. The number of sulfone groups is 1. The predicted octanol–water partition coefficient (Wildman–Crippen LogP) is 3.72. The van der Waals surface area contributed by atoms with Crippen LogP contribution in [0.25, 0.3) is 0 Å². The molecule has 0 heterocycles. The minimum absolute atomic E-state index is 0.379. The van der Waals surface area contributed by atoms with Crippen molar-refractivity contribution in [3.05, 3.63) is 24.3 Å². The van der Waals surface area contributed by atoms with Crippen LogP contribution in [-0.2, 0) is 9.84 Å². The molecular formula is C16H25NO2S. The summed E-state index contributed by atoms with van der Waals surface area (Å²) >= 11 is 0. The van der Waals surface area contributed by atoms with Crippen LogP contribution in [0.3, 0.4) is 0 Å². The number of rotatable bonds is 5. The first kappa shape index (κ1) is 15.4. The average Bonchev–Trinajstić information content (AvgIpc) is 2.41. The van der Waals surface area contributed by atoms with E-state index in [4.69, 9.17) is 0 Å². The highest BCUT2D eigenvalue weighted by molar-refractivity contribution is 7.90. The molecule has 1 aliphatic rings. The van der Waals surface area contributed by atoms with Gasteiger partial charge in [0, 0.05) is 18.5 Å². The topological polar surface area (TPSA) is 46.2 Å². The smallest absolute Gasteiger partial charge is 0.175 e. The van der Waals surface area contributed by atoms with E-state index in [1.807, 2.05) is 12.1 Å². The van der Waals surface area contributed by atoms with Gasteiger partial charge in [-0.2, -0.15) is 0 Å². The maximum atomic E-state index is 11.4. The Morgan fingerprint density at radius 1 is 1.10 bits per heavy atom. The van der Waals surface area contributed by atoms with Gasteiger partial charge >= 0.3 is 0 Å². The molecule has 2 rings (SSSR count). The zero-order valence-corrected chi connectivity index (χ0v) is 13.2. The van der Waals surface area contributed by atoms with Crippen molar-refractivity contribution in [2.75, 3.05) is 18.1 Å². The van der Waals surface area contributed by atoms with E-state index in [9.17, 15) is 8.42 Å². The first-order chi connectivity index (χ1) is 9.45. The third kappa shape index (κ3) is 4.51. The van der Waals surface area contributed by atoms with Gasteiger partial charge in [-0.1, -0.05) is 32.6 Å². The van der Waals surface area contributed by atoms with Gasteiger partial charge in [0.2, 0.25) is 0 Å². The second-order valence-electron chi connectivity index (χ2n) is 6.14. The third-order valence-corrected chi connectivity index (χ3v) is 5.43. The van der Waals surface area contributed by atoms with Crippen molar-refractivity contribution < 1.29 is 8.42 Å². The SMILES string of the molecule is CC1CCC(CCNc2ccc(S(C)(=O)=O)cc2)CC1. The second-order valence-corrected chi connectivity index (χ2v) is 8.15. The lowest BCUT2D eigenvalue weighted by Gasteiger charge is -2.26. The molecule has 0 radical (unpaired) electrons. The van der Waals surface area contributed by atoms with Crippen molar-refractivity contribution >= 4 is 15.5 Å². The van der Waals surface area contributed by atoms with Gasteiger partial charge in [0.1, 0.15) is 0 Å². The lowest BCUT2D eigenvalue weighted by Crippen LogP contribution is -2.15. The molecule has 3 nitrogen and oxygen atoms in total. The molecule has 20 heavy (non-hydrogen) atoms. The average molecular weight is 295 g/mol. The van der Waals surface area contributed by atoms with Crippen molar-refractivity contribution in [1.82, 2.24) is 0 Å². The van der Waals surface area contributed by atoms with Crippen LogP contribution in [0.15, 0.2) is 29.2 Å². The van der Waals surface area contributed by atoms with Gasteiger partial charge in [-0.25, -0.2) is 8.42 Å². The molecule has 1 aromatic rings. The molecule has 0 aliphatic heterocycles. The van der Waals surface area contributed by atoms with Gasteiger partial charge in [0.15, 0.2) is 9.84 Å². The standard InChI is InChI=1S/C16H25NO2S/c1-13-3-5-14(6-4-13)11-12-17-15-7-9-16(10-8-15)20(2,18)19/h7-10,13-14,17H,3-6,11-12H2,1-2H3. The van der Waals surface area contributed by atoms with Crippen LogP contribution < -0.4 is 5.32 Å². The summed E-state index contributed by atoms with van der Waals surface area (Å²) < 4.78 is 22.7. The Balaban J connectivity index is 1.77. The lowest BCUT2D eigenvalue weighted by atomic mass is 9.81. The highest BCUT2D eigenvalue weighted by Gasteiger charge is 2.17. The minimum Gasteiger partial charge on any atom is -0.385 e. The van der Waals surface area contributed by atoms with E-state index in [2.05, 4.69) is 12.2 Å². The molecule has 0 saturated heterocycles. The van der Waals surface area contributed by atoms with Crippen LogP contribution in [0, 0.1) is 11.8 Å². The molecular weight excluding hydrogens is 270 g/mol. The van der Waals surface area contributed by atoms with Gasteiger partial charge in [-0.05, 0) is 42.5 Å². The van der Waals surface area contributed by atoms with Gasteiger partial charge < -0.3 is 5.32 Å².